The second-order valence-corrected chi connectivity index (χ2v) is 10.2. The summed E-state index contributed by atoms with van der Waals surface area (Å²) in [5, 5.41) is 23.6. The van der Waals surface area contributed by atoms with Gasteiger partial charge in [-0.25, -0.2) is 0 Å². The largest absolute Gasteiger partial charge is 0.330 e. The molecule has 4 aliphatic rings. The zero-order chi connectivity index (χ0) is 23.6. The monoisotopic (exact) mass is 460 g/mol. The number of aromatic nitrogens is 4. The van der Waals surface area contributed by atoms with E-state index in [9.17, 15) is 14.9 Å². The first-order valence-electron chi connectivity index (χ1n) is 12.1. The minimum absolute atomic E-state index is 0.0651. The Labute approximate surface area is 197 Å². The second-order valence-electron chi connectivity index (χ2n) is 10.2. The van der Waals surface area contributed by atoms with E-state index in [4.69, 9.17) is 0 Å². The summed E-state index contributed by atoms with van der Waals surface area (Å²) in [6.45, 7) is 5.34. The van der Waals surface area contributed by atoms with Gasteiger partial charge in [0.2, 0.25) is 17.6 Å². The molecule has 6 rings (SSSR count). The zero-order valence-electron chi connectivity index (χ0n) is 19.3. The Morgan fingerprint density at radius 2 is 2.15 bits per heavy atom. The van der Waals surface area contributed by atoms with Crippen LogP contribution >= 0.6 is 0 Å². The van der Waals surface area contributed by atoms with Crippen LogP contribution in [0.1, 0.15) is 44.7 Å². The Balaban J connectivity index is 1.12. The fourth-order valence-electron chi connectivity index (χ4n) is 6.35. The van der Waals surface area contributed by atoms with Crippen LogP contribution in [0.4, 0.5) is 0 Å². The molecule has 0 spiro atoms. The molecule has 0 radical (unpaired) electrons. The number of piperidine rings is 1. The van der Waals surface area contributed by atoms with E-state index in [-0.39, 0.29) is 47.9 Å². The summed E-state index contributed by atoms with van der Waals surface area (Å²) >= 11 is 0. The summed E-state index contributed by atoms with van der Waals surface area (Å²) < 4.78 is 0. The first-order chi connectivity index (χ1) is 16.5. The number of nitrogens with one attached hydrogen (secondary N) is 1. The number of nitrogens with zero attached hydrogens (tertiary/aromatic N) is 7. The molecule has 4 fully saturated rings. The van der Waals surface area contributed by atoms with Gasteiger partial charge in [-0.05, 0) is 48.9 Å². The topological polar surface area (TPSA) is 122 Å². The fourth-order valence-corrected chi connectivity index (χ4v) is 6.35. The van der Waals surface area contributed by atoms with E-state index in [1.165, 1.54) is 0 Å². The van der Waals surface area contributed by atoms with Crippen molar-refractivity contribution in [1.82, 2.24) is 35.3 Å². The Morgan fingerprint density at radius 3 is 2.88 bits per heavy atom. The van der Waals surface area contributed by atoms with Crippen molar-refractivity contribution in [2.45, 2.75) is 63.3 Å². The third-order valence-corrected chi connectivity index (χ3v) is 8.14. The van der Waals surface area contributed by atoms with Crippen LogP contribution in [0.15, 0.2) is 24.3 Å². The van der Waals surface area contributed by atoms with Crippen LogP contribution in [-0.2, 0) is 9.59 Å². The number of benzene rings is 1. The number of H-pyrrole nitrogens is 1. The molecular weight excluding hydrogens is 432 g/mol. The van der Waals surface area contributed by atoms with Crippen molar-refractivity contribution in [2.75, 3.05) is 13.1 Å². The molecule has 10 nitrogen and oxygen atoms in total. The molecule has 10 heteroatoms. The van der Waals surface area contributed by atoms with Crippen molar-refractivity contribution >= 4 is 11.8 Å². The van der Waals surface area contributed by atoms with E-state index < -0.39 is 0 Å². The summed E-state index contributed by atoms with van der Waals surface area (Å²) in [5.41, 5.74) is 1.90. The van der Waals surface area contributed by atoms with Crippen molar-refractivity contribution in [3.8, 4) is 17.5 Å². The van der Waals surface area contributed by atoms with E-state index in [0.717, 1.165) is 36.9 Å². The molecular formula is C24H28N8O2. The van der Waals surface area contributed by atoms with Gasteiger partial charge in [-0.3, -0.25) is 14.5 Å². The molecule has 1 saturated carbocycles. The lowest BCUT2D eigenvalue weighted by molar-refractivity contribution is -0.142. The van der Waals surface area contributed by atoms with Gasteiger partial charge in [-0.15, -0.1) is 10.2 Å². The number of piperazine rings is 1. The van der Waals surface area contributed by atoms with Gasteiger partial charge in [0.15, 0.2) is 0 Å². The van der Waals surface area contributed by atoms with Gasteiger partial charge < -0.3 is 9.80 Å². The molecule has 3 saturated heterocycles. The zero-order valence-corrected chi connectivity index (χ0v) is 19.3. The molecule has 1 N–H and O–H groups in total. The fraction of sp³-hybridized carbons (Fsp3) is 0.583. The van der Waals surface area contributed by atoms with Gasteiger partial charge in [0.05, 0.1) is 18.2 Å². The van der Waals surface area contributed by atoms with E-state index in [1.807, 2.05) is 41.0 Å². The number of hydrogen-bond donors (Lipinski definition) is 1. The van der Waals surface area contributed by atoms with E-state index >= 15 is 0 Å². The van der Waals surface area contributed by atoms with Gasteiger partial charge in [0, 0.05) is 36.7 Å². The first-order valence-corrected chi connectivity index (χ1v) is 12.1. The highest BCUT2D eigenvalue weighted by molar-refractivity contribution is 5.86. The minimum atomic E-state index is -0.282. The second kappa shape index (κ2) is 7.87. The van der Waals surface area contributed by atoms with Crippen molar-refractivity contribution in [2.24, 2.45) is 11.8 Å². The standard InChI is InChI=1S/C24H28N8O2/c1-13(23(33)32-18(10-25)7-17-8-20(17)32)11-30-12-19-9-21(30)24(34)31(19)14(2)15-4-3-5-16(6-15)22-26-28-29-27-22/h3-6,13-14,17-21H,7-9,11-12H2,1-2H3,(H,26,27,28,29)/t13-,14-,17+,18-,19-,20?,21-/m0/s1. The normalized spacial score (nSPS) is 31.4. The molecule has 2 bridgehead atoms. The summed E-state index contributed by atoms with van der Waals surface area (Å²) in [7, 11) is 0. The maximum atomic E-state index is 13.4. The molecule has 1 aromatic heterocycles. The third-order valence-electron chi connectivity index (χ3n) is 8.14. The van der Waals surface area contributed by atoms with Crippen LogP contribution in [0.5, 0.6) is 0 Å². The summed E-state index contributed by atoms with van der Waals surface area (Å²) in [6, 6.07) is 10.1. The van der Waals surface area contributed by atoms with Gasteiger partial charge in [0.1, 0.15) is 6.04 Å². The number of tetrazole rings is 1. The lowest BCUT2D eigenvalue weighted by Crippen LogP contribution is -2.53. The molecule has 1 aromatic carbocycles. The molecule has 1 aliphatic carbocycles. The number of likely N-dealkylation sites (tertiary alicyclic amines) is 3. The van der Waals surface area contributed by atoms with Crippen LogP contribution in [0.3, 0.4) is 0 Å². The van der Waals surface area contributed by atoms with Crippen LogP contribution in [-0.4, -0.2) is 84.4 Å². The molecule has 34 heavy (non-hydrogen) atoms. The van der Waals surface area contributed by atoms with Gasteiger partial charge in [-0.2, -0.15) is 10.5 Å². The average Bonchev–Trinajstić information content (AvgIpc) is 3.28. The highest BCUT2D eigenvalue weighted by Gasteiger charge is 2.55. The lowest BCUT2D eigenvalue weighted by atomic mass is 10.0. The van der Waals surface area contributed by atoms with E-state index in [1.54, 1.807) is 0 Å². The number of hydrogen-bond acceptors (Lipinski definition) is 7. The molecule has 2 aromatic rings. The first kappa shape index (κ1) is 21.2. The molecule has 1 unspecified atom stereocenters. The maximum absolute atomic E-state index is 13.4. The highest BCUT2D eigenvalue weighted by Crippen LogP contribution is 2.48. The number of fused-ring (bicyclic) bond motifs is 3. The van der Waals surface area contributed by atoms with Crippen LogP contribution in [0.25, 0.3) is 11.4 Å². The molecule has 7 atom stereocenters. The number of carbonyl (C=O) groups is 2. The SMILES string of the molecule is C[C@@H](CN1C[C@@H]2C[C@H]1C(=O)N2[C@@H](C)c1cccc(-c2nn[nH]n2)c1)C(=O)N1C2C[C@H]2C[C@H]1C#N. The Bertz CT molecular complexity index is 1160. The van der Waals surface area contributed by atoms with Gasteiger partial charge in [0.25, 0.3) is 0 Å². The van der Waals surface area contributed by atoms with E-state index in [2.05, 4.69) is 38.5 Å². The predicted molar refractivity (Wildman–Crippen MR) is 121 cm³/mol. The number of nitriles is 1. The summed E-state index contributed by atoms with van der Waals surface area (Å²) in [6.07, 6.45) is 2.64. The molecule has 2 amide bonds. The smallest absolute Gasteiger partial charge is 0.240 e. The van der Waals surface area contributed by atoms with Crippen molar-refractivity contribution in [3.63, 3.8) is 0 Å². The Kier molecular flexibility index (Phi) is 4.92. The number of aromatic amines is 1. The minimum Gasteiger partial charge on any atom is -0.330 e. The predicted octanol–water partition coefficient (Wildman–Crippen LogP) is 1.36. The van der Waals surface area contributed by atoms with Gasteiger partial charge in [-0.1, -0.05) is 25.1 Å². The number of amides is 2. The number of carbonyl (C=O) groups excluding carboxylic acids is 2. The third kappa shape index (κ3) is 3.29. The summed E-state index contributed by atoms with van der Waals surface area (Å²) in [5.74, 6) is 1.02. The van der Waals surface area contributed by atoms with Crippen LogP contribution in [0, 0.1) is 23.2 Å². The van der Waals surface area contributed by atoms with Gasteiger partial charge >= 0.3 is 0 Å². The lowest BCUT2D eigenvalue weighted by Gasteiger charge is -2.38. The molecule has 3 aliphatic heterocycles. The quantitative estimate of drug-likeness (QED) is 0.691. The van der Waals surface area contributed by atoms with E-state index in [0.29, 0.717) is 18.3 Å². The van der Waals surface area contributed by atoms with Crippen molar-refractivity contribution in [1.29, 1.82) is 5.26 Å². The van der Waals surface area contributed by atoms with Crippen LogP contribution < -0.4 is 0 Å². The average molecular weight is 461 g/mol. The molecule has 176 valence electrons. The summed E-state index contributed by atoms with van der Waals surface area (Å²) in [4.78, 5) is 32.5. The Morgan fingerprint density at radius 1 is 1.29 bits per heavy atom. The van der Waals surface area contributed by atoms with Crippen molar-refractivity contribution in [3.05, 3.63) is 29.8 Å². The van der Waals surface area contributed by atoms with Crippen LogP contribution in [0.2, 0.25) is 0 Å². The molecule has 4 heterocycles. The van der Waals surface area contributed by atoms with Crippen molar-refractivity contribution < 1.29 is 9.59 Å². The maximum Gasteiger partial charge on any atom is 0.240 e. The Hall–Kier alpha value is -3.32. The highest BCUT2D eigenvalue weighted by atomic mass is 16.2. The number of rotatable bonds is 6.